The molecule has 9 heteroatoms. The molecule has 24 heavy (non-hydrogen) atoms. The van der Waals surface area contributed by atoms with Crippen LogP contribution < -0.4 is 10.6 Å². The molecule has 0 aliphatic heterocycles. The first-order chi connectivity index (χ1) is 11.0. The van der Waals surface area contributed by atoms with Crippen molar-refractivity contribution in [2.24, 2.45) is 4.99 Å². The summed E-state index contributed by atoms with van der Waals surface area (Å²) in [6.07, 6.45) is 5.99. The Morgan fingerprint density at radius 3 is 2.42 bits per heavy atom. The monoisotopic (exact) mass is 471 g/mol. The molecule has 140 valence electrons. The number of rotatable bonds is 10. The first-order valence-electron chi connectivity index (χ1n) is 8.05. The summed E-state index contributed by atoms with van der Waals surface area (Å²) in [5, 5.41) is 6.47. The van der Waals surface area contributed by atoms with Gasteiger partial charge in [0.1, 0.15) is 0 Å². The highest BCUT2D eigenvalue weighted by Crippen LogP contribution is 1.99. The highest BCUT2D eigenvalue weighted by molar-refractivity contribution is 14.0. The molecular weight excluding hydrogens is 441 g/mol. The van der Waals surface area contributed by atoms with E-state index in [0.29, 0.717) is 26.1 Å². The molecule has 0 aromatic carbocycles. The van der Waals surface area contributed by atoms with E-state index in [1.807, 2.05) is 38.4 Å². The van der Waals surface area contributed by atoms with Crippen LogP contribution in [0.15, 0.2) is 29.5 Å². The summed E-state index contributed by atoms with van der Waals surface area (Å²) in [7, 11) is -3.11. The lowest BCUT2D eigenvalue weighted by atomic mass is 10.4. The van der Waals surface area contributed by atoms with Crippen LogP contribution in [0.2, 0.25) is 0 Å². The van der Waals surface area contributed by atoms with Crippen molar-refractivity contribution in [2.45, 2.75) is 26.8 Å². The van der Waals surface area contributed by atoms with E-state index < -0.39 is 10.0 Å². The molecule has 0 spiro atoms. The Labute approximate surface area is 163 Å². The summed E-state index contributed by atoms with van der Waals surface area (Å²) >= 11 is 0. The minimum atomic E-state index is -3.11. The average Bonchev–Trinajstić information content (AvgIpc) is 2.99. The van der Waals surface area contributed by atoms with Crippen molar-refractivity contribution >= 4 is 40.0 Å². The van der Waals surface area contributed by atoms with Crippen molar-refractivity contribution in [1.82, 2.24) is 19.5 Å². The second-order valence-electron chi connectivity index (χ2n) is 5.22. The fourth-order valence-electron chi connectivity index (χ4n) is 2.16. The zero-order chi connectivity index (χ0) is 17.1. The van der Waals surface area contributed by atoms with Crippen LogP contribution in [0.5, 0.6) is 0 Å². The van der Waals surface area contributed by atoms with E-state index in [-0.39, 0.29) is 24.0 Å². The SMILES string of the molecule is CCNC(=NCCCN(CC)S(C)(=O)=O)NCCn1cccc1.I. The fourth-order valence-corrected chi connectivity index (χ4v) is 3.09. The first kappa shape index (κ1) is 23.2. The van der Waals surface area contributed by atoms with Crippen LogP contribution in [0.4, 0.5) is 0 Å². The van der Waals surface area contributed by atoms with Gasteiger partial charge in [0.05, 0.1) is 6.26 Å². The zero-order valence-electron chi connectivity index (χ0n) is 14.7. The van der Waals surface area contributed by atoms with Crippen LogP contribution in [0.3, 0.4) is 0 Å². The summed E-state index contributed by atoms with van der Waals surface area (Å²) in [4.78, 5) is 4.48. The molecule has 1 aromatic rings. The number of nitrogens with zero attached hydrogens (tertiary/aromatic N) is 3. The maximum absolute atomic E-state index is 11.5. The van der Waals surface area contributed by atoms with Gasteiger partial charge in [-0.15, -0.1) is 24.0 Å². The molecule has 1 rings (SSSR count). The summed E-state index contributed by atoms with van der Waals surface area (Å²) < 4.78 is 26.6. The number of aromatic nitrogens is 1. The molecule has 1 aromatic heterocycles. The topological polar surface area (TPSA) is 78.7 Å². The molecule has 0 unspecified atom stereocenters. The van der Waals surface area contributed by atoms with Crippen molar-refractivity contribution in [2.75, 3.05) is 39.0 Å². The van der Waals surface area contributed by atoms with Crippen LogP contribution >= 0.6 is 24.0 Å². The van der Waals surface area contributed by atoms with Crippen molar-refractivity contribution in [3.8, 4) is 0 Å². The van der Waals surface area contributed by atoms with Gasteiger partial charge in [-0.3, -0.25) is 4.99 Å². The Hall–Kier alpha value is -0.810. The third-order valence-corrected chi connectivity index (χ3v) is 4.71. The van der Waals surface area contributed by atoms with Gasteiger partial charge in [-0.25, -0.2) is 12.7 Å². The van der Waals surface area contributed by atoms with Crippen molar-refractivity contribution in [1.29, 1.82) is 0 Å². The first-order valence-corrected chi connectivity index (χ1v) is 9.90. The number of nitrogens with one attached hydrogen (secondary N) is 2. The van der Waals surface area contributed by atoms with E-state index in [0.717, 1.165) is 25.6 Å². The van der Waals surface area contributed by atoms with Crippen LogP contribution in [-0.2, 0) is 16.6 Å². The number of aliphatic imine (C=N–C) groups is 1. The molecule has 0 amide bonds. The number of halogens is 1. The summed E-state index contributed by atoms with van der Waals surface area (Å²) in [6.45, 7) is 7.90. The lowest BCUT2D eigenvalue weighted by Gasteiger charge is -2.17. The molecule has 0 aliphatic carbocycles. The lowest BCUT2D eigenvalue weighted by molar-refractivity contribution is 0.427. The van der Waals surface area contributed by atoms with Gasteiger partial charge in [-0.2, -0.15) is 0 Å². The Kier molecular flexibility index (Phi) is 12.1. The summed E-state index contributed by atoms with van der Waals surface area (Å²) in [6, 6.07) is 4.00. The molecule has 0 fully saturated rings. The molecule has 7 nitrogen and oxygen atoms in total. The lowest BCUT2D eigenvalue weighted by Crippen LogP contribution is -2.39. The van der Waals surface area contributed by atoms with Crippen LogP contribution in [-0.4, -0.2) is 62.2 Å². The van der Waals surface area contributed by atoms with E-state index in [2.05, 4.69) is 20.2 Å². The van der Waals surface area contributed by atoms with Crippen LogP contribution in [0.1, 0.15) is 20.3 Å². The maximum Gasteiger partial charge on any atom is 0.211 e. The van der Waals surface area contributed by atoms with Crippen molar-refractivity contribution in [3.63, 3.8) is 0 Å². The largest absolute Gasteiger partial charge is 0.357 e. The van der Waals surface area contributed by atoms with Gasteiger partial charge in [0.2, 0.25) is 10.0 Å². The third kappa shape index (κ3) is 9.48. The summed E-state index contributed by atoms with van der Waals surface area (Å²) in [5.41, 5.74) is 0. The van der Waals surface area contributed by atoms with E-state index in [1.165, 1.54) is 10.6 Å². The van der Waals surface area contributed by atoms with E-state index in [4.69, 9.17) is 0 Å². The predicted octanol–water partition coefficient (Wildman–Crippen LogP) is 1.33. The number of guanidine groups is 1. The quantitative estimate of drug-likeness (QED) is 0.234. The highest BCUT2D eigenvalue weighted by atomic mass is 127. The molecule has 1 heterocycles. The molecule has 0 aliphatic rings. The Morgan fingerprint density at radius 1 is 1.21 bits per heavy atom. The minimum Gasteiger partial charge on any atom is -0.357 e. The van der Waals surface area contributed by atoms with Gasteiger partial charge in [0.25, 0.3) is 0 Å². The molecule has 0 saturated heterocycles. The second kappa shape index (κ2) is 12.5. The van der Waals surface area contributed by atoms with Crippen molar-refractivity contribution < 1.29 is 8.42 Å². The minimum absolute atomic E-state index is 0. The van der Waals surface area contributed by atoms with Crippen LogP contribution in [0.25, 0.3) is 0 Å². The number of hydrogen-bond acceptors (Lipinski definition) is 3. The van der Waals surface area contributed by atoms with Gasteiger partial charge in [0.15, 0.2) is 5.96 Å². The van der Waals surface area contributed by atoms with Crippen molar-refractivity contribution in [3.05, 3.63) is 24.5 Å². The Bertz CT molecular complexity index is 560. The van der Waals surface area contributed by atoms with E-state index >= 15 is 0 Å². The van der Waals surface area contributed by atoms with Crippen LogP contribution in [0, 0.1) is 0 Å². The highest BCUT2D eigenvalue weighted by Gasteiger charge is 2.12. The fraction of sp³-hybridized carbons (Fsp3) is 0.667. The van der Waals surface area contributed by atoms with Gasteiger partial charge in [-0.05, 0) is 25.5 Å². The average molecular weight is 471 g/mol. The number of hydrogen-bond donors (Lipinski definition) is 2. The Morgan fingerprint density at radius 2 is 1.88 bits per heavy atom. The van der Waals surface area contributed by atoms with Gasteiger partial charge < -0.3 is 15.2 Å². The molecule has 0 radical (unpaired) electrons. The molecular formula is C15H30IN5O2S. The molecule has 0 atom stereocenters. The van der Waals surface area contributed by atoms with Gasteiger partial charge in [0, 0.05) is 51.7 Å². The standard InChI is InChI=1S/C15H29N5O2S.HI/c1-4-16-15(18-10-14-19-11-6-7-12-19)17-9-8-13-20(5-2)23(3,21)22;/h6-7,11-12H,4-5,8-10,13-14H2,1-3H3,(H2,16,17,18);1H. The van der Waals surface area contributed by atoms with Gasteiger partial charge in [-0.1, -0.05) is 6.92 Å². The normalized spacial score (nSPS) is 12.1. The Balaban J connectivity index is 0.00000529. The van der Waals surface area contributed by atoms with E-state index in [1.54, 1.807) is 0 Å². The molecule has 2 N–H and O–H groups in total. The van der Waals surface area contributed by atoms with E-state index in [9.17, 15) is 8.42 Å². The second-order valence-corrected chi connectivity index (χ2v) is 7.20. The van der Waals surface area contributed by atoms with Gasteiger partial charge >= 0.3 is 0 Å². The molecule has 0 saturated carbocycles. The maximum atomic E-state index is 11.5. The number of sulfonamides is 1. The summed E-state index contributed by atoms with van der Waals surface area (Å²) in [5.74, 6) is 0.766. The zero-order valence-corrected chi connectivity index (χ0v) is 17.9. The molecule has 0 bridgehead atoms. The third-order valence-electron chi connectivity index (χ3n) is 3.33. The smallest absolute Gasteiger partial charge is 0.211 e. The predicted molar refractivity (Wildman–Crippen MR) is 111 cm³/mol.